The molecule has 0 aliphatic carbocycles. The SMILES string of the molecule is CC(CN(C)C)Nc1ccc(S(=O)(=O)N(C)C)cn1. The maximum Gasteiger partial charge on any atom is 0.244 e. The molecule has 0 amide bonds. The van der Waals surface area contributed by atoms with E-state index >= 15 is 0 Å². The zero-order chi connectivity index (χ0) is 14.6. The average Bonchev–Trinajstić information content (AvgIpc) is 2.28. The second-order valence-corrected chi connectivity index (χ2v) is 7.13. The van der Waals surface area contributed by atoms with Crippen molar-refractivity contribution in [2.45, 2.75) is 17.9 Å². The van der Waals surface area contributed by atoms with Gasteiger partial charge in [0.25, 0.3) is 0 Å². The van der Waals surface area contributed by atoms with Crippen LogP contribution in [-0.2, 0) is 10.0 Å². The molecule has 0 fully saturated rings. The summed E-state index contributed by atoms with van der Waals surface area (Å²) in [5.74, 6) is 0.673. The van der Waals surface area contributed by atoms with Gasteiger partial charge in [-0.05, 0) is 33.2 Å². The molecule has 0 spiro atoms. The highest BCUT2D eigenvalue weighted by Gasteiger charge is 2.17. The van der Waals surface area contributed by atoms with Gasteiger partial charge in [-0.2, -0.15) is 0 Å². The second kappa shape index (κ2) is 6.31. The second-order valence-electron chi connectivity index (χ2n) is 4.97. The fourth-order valence-corrected chi connectivity index (χ4v) is 2.52. The van der Waals surface area contributed by atoms with Crippen LogP contribution < -0.4 is 5.32 Å². The molecule has 1 rings (SSSR count). The third-order valence-corrected chi connectivity index (χ3v) is 4.35. The third kappa shape index (κ3) is 4.45. The van der Waals surface area contributed by atoms with Gasteiger partial charge in [0.1, 0.15) is 10.7 Å². The predicted molar refractivity (Wildman–Crippen MR) is 76.7 cm³/mol. The number of nitrogens with zero attached hydrogens (tertiary/aromatic N) is 3. The van der Waals surface area contributed by atoms with Crippen molar-refractivity contribution in [3.8, 4) is 0 Å². The predicted octanol–water partition coefficient (Wildman–Crippen LogP) is 0.694. The molecule has 0 aromatic carbocycles. The van der Waals surface area contributed by atoms with E-state index < -0.39 is 10.0 Å². The van der Waals surface area contributed by atoms with Crippen LogP contribution in [0.2, 0.25) is 0 Å². The van der Waals surface area contributed by atoms with Crippen molar-refractivity contribution in [1.82, 2.24) is 14.2 Å². The van der Waals surface area contributed by atoms with E-state index in [-0.39, 0.29) is 10.9 Å². The van der Waals surface area contributed by atoms with Gasteiger partial charge in [0.15, 0.2) is 0 Å². The molecule has 108 valence electrons. The number of anilines is 1. The van der Waals surface area contributed by atoms with Gasteiger partial charge >= 0.3 is 0 Å². The Bertz CT molecular complexity index is 497. The zero-order valence-electron chi connectivity index (χ0n) is 12.1. The van der Waals surface area contributed by atoms with Crippen LogP contribution in [0.15, 0.2) is 23.2 Å². The van der Waals surface area contributed by atoms with Crippen LogP contribution >= 0.6 is 0 Å². The number of aromatic nitrogens is 1. The summed E-state index contributed by atoms with van der Waals surface area (Å²) in [6.07, 6.45) is 1.38. The Labute approximate surface area is 115 Å². The topological polar surface area (TPSA) is 65.5 Å². The molecule has 0 saturated heterocycles. The first-order chi connectivity index (χ1) is 8.73. The van der Waals surface area contributed by atoms with E-state index in [1.807, 2.05) is 21.0 Å². The first-order valence-corrected chi connectivity index (χ1v) is 7.47. The minimum Gasteiger partial charge on any atom is -0.366 e. The smallest absolute Gasteiger partial charge is 0.244 e. The highest BCUT2D eigenvalue weighted by Crippen LogP contribution is 2.14. The first kappa shape index (κ1) is 15.9. The van der Waals surface area contributed by atoms with E-state index in [9.17, 15) is 8.42 Å². The van der Waals surface area contributed by atoms with E-state index in [0.717, 1.165) is 6.54 Å². The van der Waals surface area contributed by atoms with Crippen molar-refractivity contribution in [1.29, 1.82) is 0 Å². The lowest BCUT2D eigenvalue weighted by Gasteiger charge is -2.19. The first-order valence-electron chi connectivity index (χ1n) is 6.03. The lowest BCUT2D eigenvalue weighted by molar-refractivity contribution is 0.392. The van der Waals surface area contributed by atoms with E-state index in [0.29, 0.717) is 5.82 Å². The van der Waals surface area contributed by atoms with Crippen LogP contribution in [0.4, 0.5) is 5.82 Å². The maximum absolute atomic E-state index is 11.9. The molecule has 0 aliphatic heterocycles. The molecule has 1 unspecified atom stereocenters. The fraction of sp³-hybridized carbons (Fsp3) is 0.583. The minimum absolute atomic E-state index is 0.198. The van der Waals surface area contributed by atoms with Gasteiger partial charge in [0, 0.05) is 32.9 Å². The third-order valence-electron chi connectivity index (χ3n) is 2.55. The van der Waals surface area contributed by atoms with Gasteiger partial charge in [-0.3, -0.25) is 0 Å². The number of likely N-dealkylation sites (N-methyl/N-ethyl adjacent to an activating group) is 1. The Morgan fingerprint density at radius 3 is 2.32 bits per heavy atom. The Balaban J connectivity index is 2.78. The Kier molecular flexibility index (Phi) is 5.28. The summed E-state index contributed by atoms with van der Waals surface area (Å²) in [4.78, 5) is 6.41. The van der Waals surface area contributed by atoms with E-state index in [2.05, 4.69) is 15.2 Å². The highest BCUT2D eigenvalue weighted by molar-refractivity contribution is 7.89. The van der Waals surface area contributed by atoms with E-state index in [1.54, 1.807) is 12.1 Å². The van der Waals surface area contributed by atoms with Crippen molar-refractivity contribution in [2.24, 2.45) is 0 Å². The molecule has 0 aliphatic rings. The van der Waals surface area contributed by atoms with Crippen molar-refractivity contribution in [2.75, 3.05) is 40.1 Å². The molecule has 7 heteroatoms. The van der Waals surface area contributed by atoms with Gasteiger partial charge in [0.05, 0.1) is 0 Å². The zero-order valence-corrected chi connectivity index (χ0v) is 12.9. The highest BCUT2D eigenvalue weighted by atomic mass is 32.2. The van der Waals surface area contributed by atoms with Crippen LogP contribution in [0, 0.1) is 0 Å². The van der Waals surface area contributed by atoms with Gasteiger partial charge in [-0.15, -0.1) is 0 Å². The van der Waals surface area contributed by atoms with Crippen molar-refractivity contribution in [3.63, 3.8) is 0 Å². The number of hydrogen-bond donors (Lipinski definition) is 1. The van der Waals surface area contributed by atoms with Gasteiger partial charge in [-0.1, -0.05) is 0 Å². The van der Waals surface area contributed by atoms with Gasteiger partial charge < -0.3 is 10.2 Å². The standard InChI is InChI=1S/C12H22N4O2S/c1-10(9-15(2)3)14-12-7-6-11(8-13-12)19(17,18)16(4)5/h6-8,10H,9H2,1-5H3,(H,13,14). The van der Waals surface area contributed by atoms with E-state index in [4.69, 9.17) is 0 Å². The Hall–Kier alpha value is -1.18. The quantitative estimate of drug-likeness (QED) is 0.833. The van der Waals surface area contributed by atoms with Crippen LogP contribution in [0.25, 0.3) is 0 Å². The molecule has 6 nitrogen and oxygen atoms in total. The molecule has 19 heavy (non-hydrogen) atoms. The summed E-state index contributed by atoms with van der Waals surface area (Å²) in [5.41, 5.74) is 0. The molecule has 0 bridgehead atoms. The number of nitrogens with one attached hydrogen (secondary N) is 1. The molecular weight excluding hydrogens is 264 g/mol. The molecule has 0 radical (unpaired) electrons. The molecular formula is C12H22N4O2S. The van der Waals surface area contributed by atoms with Crippen molar-refractivity contribution < 1.29 is 8.42 Å². The van der Waals surface area contributed by atoms with Crippen LogP contribution in [-0.4, -0.2) is 63.4 Å². The van der Waals surface area contributed by atoms with Crippen molar-refractivity contribution >= 4 is 15.8 Å². The summed E-state index contributed by atoms with van der Waals surface area (Å²) in [6, 6.07) is 3.48. The molecule has 1 atom stereocenters. The summed E-state index contributed by atoms with van der Waals surface area (Å²) < 4.78 is 24.9. The minimum atomic E-state index is -3.41. The Morgan fingerprint density at radius 2 is 1.89 bits per heavy atom. The van der Waals surface area contributed by atoms with Crippen LogP contribution in [0.1, 0.15) is 6.92 Å². The molecule has 1 N–H and O–H groups in total. The van der Waals surface area contributed by atoms with Gasteiger partial charge in [0.2, 0.25) is 10.0 Å². The largest absolute Gasteiger partial charge is 0.366 e. The lowest BCUT2D eigenvalue weighted by Crippen LogP contribution is -2.30. The summed E-state index contributed by atoms with van der Waals surface area (Å²) in [7, 11) is 3.59. The summed E-state index contributed by atoms with van der Waals surface area (Å²) >= 11 is 0. The number of pyridine rings is 1. The number of rotatable bonds is 6. The monoisotopic (exact) mass is 286 g/mol. The molecule has 1 aromatic heterocycles. The maximum atomic E-state index is 11.9. The number of hydrogen-bond acceptors (Lipinski definition) is 5. The summed E-state index contributed by atoms with van der Waals surface area (Å²) in [6.45, 7) is 2.92. The molecule has 1 aromatic rings. The lowest BCUT2D eigenvalue weighted by atomic mass is 10.3. The number of sulfonamides is 1. The molecule has 1 heterocycles. The van der Waals surface area contributed by atoms with Crippen LogP contribution in [0.5, 0.6) is 0 Å². The Morgan fingerprint density at radius 1 is 1.26 bits per heavy atom. The molecule has 0 saturated carbocycles. The average molecular weight is 286 g/mol. The van der Waals surface area contributed by atoms with Crippen LogP contribution in [0.3, 0.4) is 0 Å². The fourth-order valence-electron chi connectivity index (χ4n) is 1.67. The van der Waals surface area contributed by atoms with Crippen molar-refractivity contribution in [3.05, 3.63) is 18.3 Å². The summed E-state index contributed by atoms with van der Waals surface area (Å²) in [5, 5.41) is 3.22. The normalized spacial score (nSPS) is 13.8. The van der Waals surface area contributed by atoms with E-state index in [1.165, 1.54) is 24.6 Å². The van der Waals surface area contributed by atoms with Gasteiger partial charge in [-0.25, -0.2) is 17.7 Å².